The van der Waals surface area contributed by atoms with E-state index in [0.29, 0.717) is 22.6 Å². The lowest BCUT2D eigenvalue weighted by Gasteiger charge is -2.34. The summed E-state index contributed by atoms with van der Waals surface area (Å²) in [6.45, 7) is 8.27. The Bertz CT molecular complexity index is 1100. The molecule has 2 aromatic rings. The van der Waals surface area contributed by atoms with Crippen molar-refractivity contribution in [1.82, 2.24) is 9.21 Å². The first-order chi connectivity index (χ1) is 14.5. The Hall–Kier alpha value is -2.78. The van der Waals surface area contributed by atoms with Gasteiger partial charge in [-0.2, -0.15) is 4.31 Å². The van der Waals surface area contributed by atoms with Crippen LogP contribution in [0.4, 0.5) is 5.69 Å². The number of nitrogens with zero attached hydrogens (tertiary/aromatic N) is 3. The second-order valence-electron chi connectivity index (χ2n) is 8.12. The molecule has 0 saturated carbocycles. The Labute approximate surface area is 182 Å². The number of carbonyl (C=O) groups excluding carboxylic acids is 1. The van der Waals surface area contributed by atoms with Crippen molar-refractivity contribution in [3.8, 4) is 0 Å². The molecule has 0 unspecified atom stereocenters. The lowest BCUT2D eigenvalue weighted by molar-refractivity contribution is -0.385. The summed E-state index contributed by atoms with van der Waals surface area (Å²) in [6, 6.07) is 9.96. The zero-order chi connectivity index (χ0) is 22.9. The summed E-state index contributed by atoms with van der Waals surface area (Å²) in [4.78, 5) is 25.0. The average molecular weight is 446 g/mol. The first-order valence-corrected chi connectivity index (χ1v) is 11.6. The number of nitro groups is 1. The van der Waals surface area contributed by atoms with E-state index in [9.17, 15) is 23.3 Å². The van der Waals surface area contributed by atoms with Gasteiger partial charge in [-0.3, -0.25) is 14.9 Å². The minimum atomic E-state index is -3.91. The molecular weight excluding hydrogens is 418 g/mol. The summed E-state index contributed by atoms with van der Waals surface area (Å²) in [6.07, 6.45) is 0. The van der Waals surface area contributed by atoms with Gasteiger partial charge in [0.15, 0.2) is 0 Å². The number of hydrogen-bond acceptors (Lipinski definition) is 5. The summed E-state index contributed by atoms with van der Waals surface area (Å²) in [5.41, 5.74) is 2.52. The third kappa shape index (κ3) is 4.62. The molecule has 1 amide bonds. The zero-order valence-electron chi connectivity index (χ0n) is 18.2. The SMILES string of the molecule is Cc1cc([N+](=O)[O-])cc(S(=O)(=O)N2CCN(C(=O)c3ccc(C(C)C)cc3)CC2)c1C. The second kappa shape index (κ2) is 8.76. The molecule has 1 saturated heterocycles. The van der Waals surface area contributed by atoms with E-state index in [1.807, 2.05) is 12.1 Å². The molecule has 1 fully saturated rings. The molecule has 3 rings (SSSR count). The first kappa shape index (κ1) is 22.9. The Morgan fingerprint density at radius 3 is 2.13 bits per heavy atom. The number of piperazine rings is 1. The van der Waals surface area contributed by atoms with E-state index in [2.05, 4.69) is 13.8 Å². The fourth-order valence-electron chi connectivity index (χ4n) is 3.65. The molecule has 0 spiro atoms. The lowest BCUT2D eigenvalue weighted by Crippen LogP contribution is -2.50. The van der Waals surface area contributed by atoms with Crippen LogP contribution in [0, 0.1) is 24.0 Å². The minimum absolute atomic E-state index is 0.0525. The maximum absolute atomic E-state index is 13.2. The van der Waals surface area contributed by atoms with Gasteiger partial charge in [0, 0.05) is 43.9 Å². The predicted octanol–water partition coefficient (Wildman–Crippen LogP) is 3.48. The van der Waals surface area contributed by atoms with Gasteiger partial charge in [-0.1, -0.05) is 26.0 Å². The Morgan fingerprint density at radius 1 is 1.03 bits per heavy atom. The van der Waals surface area contributed by atoms with Crippen molar-refractivity contribution in [2.75, 3.05) is 26.2 Å². The van der Waals surface area contributed by atoms with E-state index < -0.39 is 14.9 Å². The molecule has 8 nitrogen and oxygen atoms in total. The molecule has 0 radical (unpaired) electrons. The Morgan fingerprint density at radius 2 is 1.61 bits per heavy atom. The van der Waals surface area contributed by atoms with Crippen LogP contribution in [-0.4, -0.2) is 54.6 Å². The molecular formula is C22H27N3O5S. The summed E-state index contributed by atoms with van der Waals surface area (Å²) < 4.78 is 27.7. The fraction of sp³-hybridized carbons (Fsp3) is 0.409. The minimum Gasteiger partial charge on any atom is -0.336 e. The Balaban J connectivity index is 1.76. The van der Waals surface area contributed by atoms with Gasteiger partial charge >= 0.3 is 0 Å². The number of sulfonamides is 1. The van der Waals surface area contributed by atoms with Crippen LogP contribution in [0.3, 0.4) is 0 Å². The molecule has 1 heterocycles. The van der Waals surface area contributed by atoms with Crippen LogP contribution in [0.25, 0.3) is 0 Å². The van der Waals surface area contributed by atoms with Crippen LogP contribution >= 0.6 is 0 Å². The van der Waals surface area contributed by atoms with E-state index in [1.165, 1.54) is 10.4 Å². The number of non-ortho nitro benzene ring substituents is 1. The van der Waals surface area contributed by atoms with E-state index in [4.69, 9.17) is 0 Å². The highest BCUT2D eigenvalue weighted by molar-refractivity contribution is 7.89. The maximum Gasteiger partial charge on any atom is 0.271 e. The molecule has 9 heteroatoms. The number of benzene rings is 2. The molecule has 31 heavy (non-hydrogen) atoms. The summed E-state index contributed by atoms with van der Waals surface area (Å²) in [5, 5.41) is 11.2. The molecule has 0 N–H and O–H groups in total. The van der Waals surface area contributed by atoms with Crippen LogP contribution < -0.4 is 0 Å². The maximum atomic E-state index is 13.2. The van der Waals surface area contributed by atoms with E-state index in [1.54, 1.807) is 30.9 Å². The van der Waals surface area contributed by atoms with Crippen LogP contribution in [-0.2, 0) is 10.0 Å². The molecule has 0 bridgehead atoms. The summed E-state index contributed by atoms with van der Waals surface area (Å²) in [7, 11) is -3.91. The van der Waals surface area contributed by atoms with Crippen molar-refractivity contribution in [1.29, 1.82) is 0 Å². The highest BCUT2D eigenvalue weighted by Gasteiger charge is 2.33. The van der Waals surface area contributed by atoms with E-state index in [0.717, 1.165) is 11.6 Å². The van der Waals surface area contributed by atoms with Gasteiger partial charge in [0.05, 0.1) is 9.82 Å². The number of rotatable bonds is 5. The number of nitro benzene ring substituents is 1. The first-order valence-electron chi connectivity index (χ1n) is 10.2. The van der Waals surface area contributed by atoms with Gasteiger partial charge in [-0.05, 0) is 48.6 Å². The highest BCUT2D eigenvalue weighted by Crippen LogP contribution is 2.28. The fourth-order valence-corrected chi connectivity index (χ4v) is 5.39. The van der Waals surface area contributed by atoms with Crippen molar-refractivity contribution >= 4 is 21.6 Å². The third-order valence-electron chi connectivity index (χ3n) is 5.78. The van der Waals surface area contributed by atoms with Crippen molar-refractivity contribution < 1.29 is 18.1 Å². The smallest absolute Gasteiger partial charge is 0.271 e. The van der Waals surface area contributed by atoms with E-state index in [-0.39, 0.29) is 42.7 Å². The zero-order valence-corrected chi connectivity index (χ0v) is 19.0. The molecule has 0 atom stereocenters. The normalized spacial score (nSPS) is 15.3. The van der Waals surface area contributed by atoms with Crippen molar-refractivity contribution in [2.24, 2.45) is 0 Å². The van der Waals surface area contributed by atoms with Gasteiger partial charge in [0.25, 0.3) is 11.6 Å². The lowest BCUT2D eigenvalue weighted by atomic mass is 10.0. The molecule has 0 aliphatic carbocycles. The van der Waals surface area contributed by atoms with Gasteiger partial charge in [-0.15, -0.1) is 0 Å². The number of carbonyl (C=O) groups is 1. The van der Waals surface area contributed by atoms with Gasteiger partial charge in [0.2, 0.25) is 10.0 Å². The van der Waals surface area contributed by atoms with Crippen LogP contribution in [0.5, 0.6) is 0 Å². The standard InChI is InChI=1S/C22H27N3O5S/c1-15(2)18-5-7-19(8-6-18)22(26)23-9-11-24(12-10-23)31(29,30)21-14-20(25(27)28)13-16(3)17(21)4/h5-8,13-15H,9-12H2,1-4H3. The van der Waals surface area contributed by atoms with Crippen molar-refractivity contribution in [3.05, 3.63) is 68.8 Å². The predicted molar refractivity (Wildman–Crippen MR) is 118 cm³/mol. The van der Waals surface area contributed by atoms with Crippen LogP contribution in [0.15, 0.2) is 41.3 Å². The molecule has 2 aromatic carbocycles. The van der Waals surface area contributed by atoms with Gasteiger partial charge in [-0.25, -0.2) is 8.42 Å². The Kier molecular flexibility index (Phi) is 6.47. The van der Waals surface area contributed by atoms with Crippen molar-refractivity contribution in [2.45, 2.75) is 38.5 Å². The largest absolute Gasteiger partial charge is 0.336 e. The van der Waals surface area contributed by atoms with Gasteiger partial charge in [0.1, 0.15) is 0 Å². The topological polar surface area (TPSA) is 101 Å². The van der Waals surface area contributed by atoms with Crippen molar-refractivity contribution in [3.63, 3.8) is 0 Å². The molecule has 166 valence electrons. The average Bonchev–Trinajstić information content (AvgIpc) is 2.74. The number of aryl methyl sites for hydroxylation is 1. The molecule has 1 aliphatic heterocycles. The highest BCUT2D eigenvalue weighted by atomic mass is 32.2. The van der Waals surface area contributed by atoms with Crippen LogP contribution in [0.1, 0.15) is 46.8 Å². The van der Waals surface area contributed by atoms with Crippen LogP contribution in [0.2, 0.25) is 0 Å². The van der Waals surface area contributed by atoms with E-state index >= 15 is 0 Å². The van der Waals surface area contributed by atoms with Gasteiger partial charge < -0.3 is 4.90 Å². The summed E-state index contributed by atoms with van der Waals surface area (Å²) >= 11 is 0. The second-order valence-corrected chi connectivity index (χ2v) is 10.0. The summed E-state index contributed by atoms with van der Waals surface area (Å²) in [5.74, 6) is 0.244. The molecule has 1 aliphatic rings. The quantitative estimate of drug-likeness (QED) is 0.518. The molecule has 0 aromatic heterocycles. The third-order valence-corrected chi connectivity index (χ3v) is 7.81. The number of amides is 1. The monoisotopic (exact) mass is 445 g/mol. The number of hydrogen-bond donors (Lipinski definition) is 0.